The van der Waals surface area contributed by atoms with Crippen molar-refractivity contribution >= 4 is 5.91 Å². The zero-order chi connectivity index (χ0) is 21.4. The fraction of sp³-hybridized carbons (Fsp3) is 0.941. The van der Waals surface area contributed by atoms with Crippen LogP contribution >= 0.6 is 0 Å². The number of rotatable bonds is 5. The maximum Gasteiger partial charge on any atom is 0.460 e. The lowest BCUT2D eigenvalue weighted by Crippen LogP contribution is -2.67. The summed E-state index contributed by atoms with van der Waals surface area (Å²) in [6, 6.07) is -1.74. The van der Waals surface area contributed by atoms with E-state index in [1.54, 1.807) is 0 Å². The van der Waals surface area contributed by atoms with Gasteiger partial charge in [0.1, 0.15) is 0 Å². The van der Waals surface area contributed by atoms with Gasteiger partial charge in [-0.15, -0.1) is 0 Å². The van der Waals surface area contributed by atoms with Crippen LogP contribution in [-0.2, 0) is 4.79 Å². The van der Waals surface area contributed by atoms with Gasteiger partial charge < -0.3 is 10.4 Å². The lowest BCUT2D eigenvalue weighted by molar-refractivity contribution is -0.389. The Bertz CT molecular complexity index is 536. The fourth-order valence-corrected chi connectivity index (χ4v) is 4.02. The molecule has 0 spiro atoms. The Morgan fingerprint density at radius 1 is 0.621 bits per heavy atom. The van der Waals surface area contributed by atoms with E-state index >= 15 is 0 Å². The molecule has 2 aliphatic carbocycles. The molecule has 0 aliphatic heterocycles. The summed E-state index contributed by atoms with van der Waals surface area (Å²) in [7, 11) is 0. The predicted molar refractivity (Wildman–Crippen MR) is 85.1 cm³/mol. The minimum Gasteiger partial charge on any atom is -0.412 e. The summed E-state index contributed by atoms with van der Waals surface area (Å²) in [6.07, 6.45) is -2.45. The third-order valence-electron chi connectivity index (χ3n) is 5.58. The van der Waals surface area contributed by atoms with Gasteiger partial charge in [-0.3, -0.25) is 4.79 Å². The van der Waals surface area contributed by atoms with Crippen LogP contribution in [0.1, 0.15) is 64.2 Å². The summed E-state index contributed by atoms with van der Waals surface area (Å²) >= 11 is 0. The van der Waals surface area contributed by atoms with Crippen molar-refractivity contribution in [3.63, 3.8) is 0 Å². The van der Waals surface area contributed by atoms with E-state index in [-0.39, 0.29) is 31.2 Å². The minimum atomic E-state index is -7.05. The Morgan fingerprint density at radius 2 is 0.966 bits per heavy atom. The lowest BCUT2D eigenvalue weighted by atomic mass is 9.87. The van der Waals surface area contributed by atoms with Crippen molar-refractivity contribution in [1.82, 2.24) is 4.90 Å². The van der Waals surface area contributed by atoms with E-state index < -0.39 is 41.9 Å². The van der Waals surface area contributed by atoms with Gasteiger partial charge in [0.2, 0.25) is 0 Å². The van der Waals surface area contributed by atoms with Gasteiger partial charge in [0.25, 0.3) is 5.91 Å². The maximum atomic E-state index is 14.3. The highest BCUT2D eigenvalue weighted by atomic mass is 19.4. The number of halogens is 9. The second-order valence-corrected chi connectivity index (χ2v) is 7.52. The first-order chi connectivity index (χ1) is 12.7. The van der Waals surface area contributed by atoms with E-state index in [4.69, 9.17) is 0 Å². The highest BCUT2D eigenvalue weighted by Gasteiger charge is 2.84. The molecule has 1 amide bonds. The SMILES string of the molecule is O.O=C(N(C1CCCCC1)C1CCCCC1)C(F)(F)C(F)(F)C(F)(F)C(F)(F)F. The second-order valence-electron chi connectivity index (χ2n) is 7.52. The van der Waals surface area contributed by atoms with Gasteiger partial charge in [0, 0.05) is 12.1 Å². The monoisotopic (exact) mass is 445 g/mol. The molecule has 2 aliphatic rings. The number of amides is 1. The molecule has 0 saturated heterocycles. The van der Waals surface area contributed by atoms with Crippen LogP contribution in [-0.4, -0.2) is 52.3 Å². The number of carbonyl (C=O) groups is 1. The summed E-state index contributed by atoms with van der Waals surface area (Å²) in [4.78, 5) is 12.9. The van der Waals surface area contributed by atoms with Crippen LogP contribution in [0, 0.1) is 0 Å². The Balaban J connectivity index is 0.00000420. The molecule has 2 rings (SSSR count). The lowest BCUT2D eigenvalue weighted by Gasteiger charge is -2.44. The fourth-order valence-electron chi connectivity index (χ4n) is 4.02. The number of carbonyl (C=O) groups excluding carboxylic acids is 1. The molecular formula is C17H24F9NO2. The molecule has 0 atom stereocenters. The minimum absolute atomic E-state index is 0. The number of hydrogen-bond donors (Lipinski definition) is 0. The van der Waals surface area contributed by atoms with E-state index in [2.05, 4.69) is 0 Å². The average molecular weight is 445 g/mol. The van der Waals surface area contributed by atoms with Crippen LogP contribution in [0.4, 0.5) is 39.5 Å². The number of nitrogens with zero attached hydrogens (tertiary/aromatic N) is 1. The first kappa shape index (κ1) is 25.8. The third-order valence-corrected chi connectivity index (χ3v) is 5.58. The van der Waals surface area contributed by atoms with Crippen molar-refractivity contribution in [2.45, 2.75) is 100 Å². The van der Waals surface area contributed by atoms with Crippen LogP contribution < -0.4 is 0 Å². The van der Waals surface area contributed by atoms with Gasteiger partial charge in [-0.2, -0.15) is 39.5 Å². The summed E-state index contributed by atoms with van der Waals surface area (Å²) in [5, 5.41) is 0. The highest BCUT2D eigenvalue weighted by molar-refractivity contribution is 5.85. The van der Waals surface area contributed by atoms with Gasteiger partial charge in [-0.1, -0.05) is 38.5 Å². The molecule has 0 aromatic rings. The summed E-state index contributed by atoms with van der Waals surface area (Å²) in [6.45, 7) is 0. The number of hydrogen-bond acceptors (Lipinski definition) is 1. The van der Waals surface area contributed by atoms with Crippen molar-refractivity contribution in [2.75, 3.05) is 0 Å². The van der Waals surface area contributed by atoms with E-state index in [1.165, 1.54) is 0 Å². The molecule has 2 fully saturated rings. The van der Waals surface area contributed by atoms with E-state index in [1.807, 2.05) is 0 Å². The molecule has 0 heterocycles. The van der Waals surface area contributed by atoms with Gasteiger partial charge in [-0.25, -0.2) is 0 Å². The first-order valence-electron chi connectivity index (χ1n) is 9.28. The zero-order valence-electron chi connectivity index (χ0n) is 15.5. The van der Waals surface area contributed by atoms with Gasteiger partial charge in [-0.05, 0) is 25.7 Å². The molecule has 0 radical (unpaired) electrons. The molecule has 3 nitrogen and oxygen atoms in total. The van der Waals surface area contributed by atoms with Crippen molar-refractivity contribution in [1.29, 1.82) is 0 Å². The Hall–Kier alpha value is -1.20. The van der Waals surface area contributed by atoms with Crippen molar-refractivity contribution in [3.8, 4) is 0 Å². The van der Waals surface area contributed by atoms with Crippen molar-refractivity contribution in [2.24, 2.45) is 0 Å². The van der Waals surface area contributed by atoms with Crippen molar-refractivity contribution in [3.05, 3.63) is 0 Å². The Labute approximate surface area is 161 Å². The van der Waals surface area contributed by atoms with E-state index in [9.17, 15) is 44.3 Å². The average Bonchev–Trinajstić information content (AvgIpc) is 2.62. The summed E-state index contributed by atoms with van der Waals surface area (Å²) in [5.41, 5.74) is 0. The van der Waals surface area contributed by atoms with Crippen molar-refractivity contribution < 1.29 is 49.8 Å². The second kappa shape index (κ2) is 8.89. The molecule has 2 saturated carbocycles. The van der Waals surface area contributed by atoms with Crippen LogP contribution in [0.2, 0.25) is 0 Å². The summed E-state index contributed by atoms with van der Waals surface area (Å²) in [5.74, 6) is -22.8. The standard InChI is InChI=1S/C17H22F9NO.H2O/c18-14(19,15(20,21)16(22,23)17(24,25)26)13(28)27(11-7-3-1-4-8-11)12-9-5-2-6-10-12;/h11-12H,1-10H2;1H2. The van der Waals surface area contributed by atoms with Crippen LogP contribution in [0.15, 0.2) is 0 Å². The normalized spacial score (nSPS) is 20.9. The molecule has 29 heavy (non-hydrogen) atoms. The zero-order valence-corrected chi connectivity index (χ0v) is 15.5. The van der Waals surface area contributed by atoms with Gasteiger partial charge >= 0.3 is 23.9 Å². The number of alkyl halides is 9. The Morgan fingerprint density at radius 3 is 1.28 bits per heavy atom. The van der Waals surface area contributed by atoms with E-state index in [0.717, 1.165) is 12.8 Å². The molecule has 0 aromatic carbocycles. The molecule has 0 unspecified atom stereocenters. The molecule has 12 heteroatoms. The smallest absolute Gasteiger partial charge is 0.412 e. The van der Waals surface area contributed by atoms with Crippen LogP contribution in [0.5, 0.6) is 0 Å². The van der Waals surface area contributed by atoms with Crippen LogP contribution in [0.3, 0.4) is 0 Å². The molecular weight excluding hydrogens is 421 g/mol. The topological polar surface area (TPSA) is 51.8 Å². The highest BCUT2D eigenvalue weighted by Crippen LogP contribution is 2.54. The molecule has 2 N–H and O–H groups in total. The molecule has 172 valence electrons. The summed E-state index contributed by atoms with van der Waals surface area (Å²) < 4.78 is 119. The third kappa shape index (κ3) is 4.61. The van der Waals surface area contributed by atoms with Gasteiger partial charge in [0.05, 0.1) is 0 Å². The quantitative estimate of drug-likeness (QED) is 0.542. The molecule has 0 bridgehead atoms. The first-order valence-corrected chi connectivity index (χ1v) is 9.28. The largest absolute Gasteiger partial charge is 0.460 e. The van der Waals surface area contributed by atoms with Crippen LogP contribution in [0.25, 0.3) is 0 Å². The predicted octanol–water partition coefficient (Wildman–Crippen LogP) is 5.12. The maximum absolute atomic E-state index is 14.3. The Kier molecular flexibility index (Phi) is 7.92. The van der Waals surface area contributed by atoms with E-state index in [0.29, 0.717) is 30.6 Å². The van der Waals surface area contributed by atoms with Gasteiger partial charge in [0.15, 0.2) is 0 Å². The molecule has 0 aromatic heterocycles.